The first-order valence-electron chi connectivity index (χ1n) is 9.04. The van der Waals surface area contributed by atoms with Crippen molar-refractivity contribution >= 4 is 5.91 Å². The minimum absolute atomic E-state index is 0.0460. The van der Waals surface area contributed by atoms with Crippen LogP contribution in [-0.2, 0) is 16.1 Å². The Labute approximate surface area is 145 Å². The highest BCUT2D eigenvalue weighted by Gasteiger charge is 2.46. The molecule has 0 aliphatic carbocycles. The molecule has 24 heavy (non-hydrogen) atoms. The maximum absolute atomic E-state index is 12.4. The van der Waals surface area contributed by atoms with Gasteiger partial charge in [-0.3, -0.25) is 9.69 Å². The zero-order valence-corrected chi connectivity index (χ0v) is 15.5. The van der Waals surface area contributed by atoms with Crippen LogP contribution in [0.4, 0.5) is 0 Å². The number of nitrogens with zero attached hydrogens (tertiary/aromatic N) is 2. The van der Waals surface area contributed by atoms with Crippen LogP contribution in [0.5, 0.6) is 0 Å². The SMILES string of the molecule is Cc1ccc(C)c(CN2CCOCC3(CC(=O)N(C(C)C)C3)C2)c1. The molecular weight excluding hydrogens is 300 g/mol. The fourth-order valence-electron chi connectivity index (χ4n) is 4.03. The summed E-state index contributed by atoms with van der Waals surface area (Å²) in [6.07, 6.45) is 0.620. The van der Waals surface area contributed by atoms with Crippen LogP contribution >= 0.6 is 0 Å². The standard InChI is InChI=1S/C20H30N2O2/c1-15(2)22-13-20(10-19(22)23)12-21(7-8-24-14-20)11-18-9-16(3)5-6-17(18)4/h5-6,9,15H,7-8,10-14H2,1-4H3. The molecule has 3 rings (SSSR count). The predicted molar refractivity (Wildman–Crippen MR) is 95.9 cm³/mol. The molecule has 1 aromatic rings. The molecule has 0 bridgehead atoms. The monoisotopic (exact) mass is 330 g/mol. The van der Waals surface area contributed by atoms with E-state index in [2.05, 4.69) is 50.8 Å². The molecule has 0 aromatic heterocycles. The molecule has 2 aliphatic heterocycles. The number of ether oxygens (including phenoxy) is 1. The van der Waals surface area contributed by atoms with E-state index < -0.39 is 0 Å². The van der Waals surface area contributed by atoms with Crippen molar-refractivity contribution < 1.29 is 9.53 Å². The summed E-state index contributed by atoms with van der Waals surface area (Å²) < 4.78 is 5.91. The molecule has 1 aromatic carbocycles. The molecular formula is C20H30N2O2. The number of carbonyl (C=O) groups is 1. The van der Waals surface area contributed by atoms with Crippen molar-refractivity contribution in [3.05, 3.63) is 34.9 Å². The number of carbonyl (C=O) groups excluding carboxylic acids is 1. The number of rotatable bonds is 3. The van der Waals surface area contributed by atoms with Crippen LogP contribution in [0.1, 0.15) is 37.0 Å². The molecule has 132 valence electrons. The molecule has 0 saturated carbocycles. The summed E-state index contributed by atoms with van der Waals surface area (Å²) >= 11 is 0. The Hall–Kier alpha value is -1.39. The summed E-state index contributed by atoms with van der Waals surface area (Å²) in [7, 11) is 0. The van der Waals surface area contributed by atoms with Gasteiger partial charge in [-0.25, -0.2) is 0 Å². The molecule has 1 unspecified atom stereocenters. The van der Waals surface area contributed by atoms with Gasteiger partial charge in [0, 0.05) is 44.1 Å². The number of aryl methyl sites for hydroxylation is 2. The largest absolute Gasteiger partial charge is 0.379 e. The van der Waals surface area contributed by atoms with Crippen molar-refractivity contribution in [1.82, 2.24) is 9.80 Å². The van der Waals surface area contributed by atoms with Crippen LogP contribution in [0.2, 0.25) is 0 Å². The Morgan fingerprint density at radius 1 is 1.25 bits per heavy atom. The van der Waals surface area contributed by atoms with E-state index in [9.17, 15) is 4.79 Å². The normalized spacial score (nSPS) is 25.7. The van der Waals surface area contributed by atoms with E-state index >= 15 is 0 Å². The first-order valence-corrected chi connectivity index (χ1v) is 9.04. The van der Waals surface area contributed by atoms with Crippen molar-refractivity contribution in [1.29, 1.82) is 0 Å². The van der Waals surface area contributed by atoms with E-state index in [1.807, 2.05) is 4.90 Å². The maximum Gasteiger partial charge on any atom is 0.223 e. The highest BCUT2D eigenvalue weighted by Crippen LogP contribution is 2.35. The van der Waals surface area contributed by atoms with Gasteiger partial charge < -0.3 is 9.64 Å². The maximum atomic E-state index is 12.4. The summed E-state index contributed by atoms with van der Waals surface area (Å²) in [6.45, 7) is 13.6. The summed E-state index contributed by atoms with van der Waals surface area (Å²) in [5.41, 5.74) is 3.98. The van der Waals surface area contributed by atoms with Gasteiger partial charge in [-0.15, -0.1) is 0 Å². The average molecular weight is 330 g/mol. The third-order valence-corrected chi connectivity index (χ3v) is 5.39. The summed E-state index contributed by atoms with van der Waals surface area (Å²) in [5, 5.41) is 0. The first kappa shape index (κ1) is 17.4. The second kappa shape index (κ2) is 6.85. The number of likely N-dealkylation sites (tertiary alicyclic amines) is 1. The Kier molecular flexibility index (Phi) is 4.97. The predicted octanol–water partition coefficient (Wildman–Crippen LogP) is 2.76. The Bertz CT molecular complexity index is 614. The van der Waals surface area contributed by atoms with Gasteiger partial charge in [-0.2, -0.15) is 0 Å². The van der Waals surface area contributed by atoms with Crippen LogP contribution in [0, 0.1) is 19.3 Å². The van der Waals surface area contributed by atoms with Gasteiger partial charge >= 0.3 is 0 Å². The summed E-state index contributed by atoms with van der Waals surface area (Å²) in [4.78, 5) is 16.9. The van der Waals surface area contributed by atoms with E-state index in [0.717, 1.165) is 32.8 Å². The number of hydrogen-bond acceptors (Lipinski definition) is 3. The highest BCUT2D eigenvalue weighted by molar-refractivity contribution is 5.79. The van der Waals surface area contributed by atoms with Crippen molar-refractivity contribution in [2.24, 2.45) is 5.41 Å². The zero-order chi connectivity index (χ0) is 17.3. The Balaban J connectivity index is 1.76. The van der Waals surface area contributed by atoms with Gasteiger partial charge in [0.05, 0.1) is 13.2 Å². The minimum atomic E-state index is -0.0460. The van der Waals surface area contributed by atoms with Crippen LogP contribution in [-0.4, -0.2) is 54.6 Å². The third kappa shape index (κ3) is 3.65. The minimum Gasteiger partial charge on any atom is -0.379 e. The van der Waals surface area contributed by atoms with E-state index in [1.165, 1.54) is 16.7 Å². The van der Waals surface area contributed by atoms with E-state index in [4.69, 9.17) is 4.74 Å². The molecule has 2 saturated heterocycles. The molecule has 2 fully saturated rings. The fraction of sp³-hybridized carbons (Fsp3) is 0.650. The van der Waals surface area contributed by atoms with Crippen molar-refractivity contribution in [2.45, 2.75) is 46.7 Å². The van der Waals surface area contributed by atoms with Crippen LogP contribution in [0.3, 0.4) is 0 Å². The van der Waals surface area contributed by atoms with Gasteiger partial charge in [0.15, 0.2) is 0 Å². The van der Waals surface area contributed by atoms with Gasteiger partial charge in [-0.05, 0) is 38.8 Å². The quantitative estimate of drug-likeness (QED) is 0.854. The zero-order valence-electron chi connectivity index (χ0n) is 15.5. The number of amides is 1. The number of hydrogen-bond donors (Lipinski definition) is 0. The van der Waals surface area contributed by atoms with Crippen LogP contribution < -0.4 is 0 Å². The summed E-state index contributed by atoms with van der Waals surface area (Å²) in [5.74, 6) is 0.280. The van der Waals surface area contributed by atoms with Crippen molar-refractivity contribution in [2.75, 3.05) is 32.8 Å². The molecule has 1 spiro atoms. The Morgan fingerprint density at radius 3 is 2.75 bits per heavy atom. The second-order valence-electron chi connectivity index (χ2n) is 7.99. The molecule has 2 aliphatic rings. The fourth-order valence-corrected chi connectivity index (χ4v) is 4.03. The van der Waals surface area contributed by atoms with E-state index in [-0.39, 0.29) is 17.4 Å². The topological polar surface area (TPSA) is 32.8 Å². The van der Waals surface area contributed by atoms with Crippen LogP contribution in [0.25, 0.3) is 0 Å². The number of benzene rings is 1. The lowest BCUT2D eigenvalue weighted by Crippen LogP contribution is -2.41. The first-order chi connectivity index (χ1) is 11.4. The van der Waals surface area contributed by atoms with Gasteiger partial charge in [-0.1, -0.05) is 23.8 Å². The molecule has 4 nitrogen and oxygen atoms in total. The molecule has 1 atom stereocenters. The molecule has 2 heterocycles. The average Bonchev–Trinajstić information content (AvgIpc) is 2.71. The molecule has 1 amide bonds. The van der Waals surface area contributed by atoms with Crippen LogP contribution in [0.15, 0.2) is 18.2 Å². The lowest BCUT2D eigenvalue weighted by atomic mass is 9.87. The Morgan fingerprint density at radius 2 is 2.04 bits per heavy atom. The smallest absolute Gasteiger partial charge is 0.223 e. The summed E-state index contributed by atoms with van der Waals surface area (Å²) in [6, 6.07) is 6.93. The molecule has 0 radical (unpaired) electrons. The second-order valence-corrected chi connectivity index (χ2v) is 7.99. The van der Waals surface area contributed by atoms with Gasteiger partial charge in [0.1, 0.15) is 0 Å². The third-order valence-electron chi connectivity index (χ3n) is 5.39. The van der Waals surface area contributed by atoms with Crippen molar-refractivity contribution in [3.63, 3.8) is 0 Å². The lowest BCUT2D eigenvalue weighted by Gasteiger charge is -2.32. The lowest BCUT2D eigenvalue weighted by molar-refractivity contribution is -0.129. The van der Waals surface area contributed by atoms with Gasteiger partial charge in [0.25, 0.3) is 0 Å². The van der Waals surface area contributed by atoms with Crippen molar-refractivity contribution in [3.8, 4) is 0 Å². The van der Waals surface area contributed by atoms with E-state index in [0.29, 0.717) is 13.0 Å². The molecule has 4 heteroatoms. The highest BCUT2D eigenvalue weighted by atomic mass is 16.5. The van der Waals surface area contributed by atoms with Gasteiger partial charge in [0.2, 0.25) is 5.91 Å². The molecule has 0 N–H and O–H groups in total. The van der Waals surface area contributed by atoms with E-state index in [1.54, 1.807) is 0 Å².